The number of aryl methyl sites for hydroxylation is 2. The molecule has 180 valence electrons. The number of likely N-dealkylation sites (N-methyl/N-ethyl adjacent to an activating group) is 1. The number of anilines is 1. The summed E-state index contributed by atoms with van der Waals surface area (Å²) in [5.41, 5.74) is 2.87. The van der Waals surface area contributed by atoms with Gasteiger partial charge in [-0.25, -0.2) is 9.18 Å². The third-order valence-corrected chi connectivity index (χ3v) is 7.11. The van der Waals surface area contributed by atoms with Crippen molar-refractivity contribution < 1.29 is 18.8 Å². The fourth-order valence-corrected chi connectivity index (χ4v) is 5.13. The van der Waals surface area contributed by atoms with Gasteiger partial charge in [-0.05, 0) is 86.6 Å². The monoisotopic (exact) mass is 466 g/mol. The molecule has 0 radical (unpaired) electrons. The van der Waals surface area contributed by atoms with Crippen molar-refractivity contribution in [3.05, 3.63) is 64.5 Å². The minimum absolute atomic E-state index is 0.0990. The highest BCUT2D eigenvalue weighted by Crippen LogP contribution is 2.39. The average Bonchev–Trinajstić information content (AvgIpc) is 2.79. The Kier molecular flexibility index (Phi) is 6.70. The fourth-order valence-electron chi connectivity index (χ4n) is 5.13. The molecule has 7 nitrogen and oxygen atoms in total. The third kappa shape index (κ3) is 4.82. The Morgan fingerprint density at radius 3 is 2.59 bits per heavy atom. The van der Waals surface area contributed by atoms with Gasteiger partial charge in [0.1, 0.15) is 5.82 Å². The van der Waals surface area contributed by atoms with Crippen molar-refractivity contribution in [2.24, 2.45) is 5.92 Å². The van der Waals surface area contributed by atoms with Crippen LogP contribution in [-0.2, 0) is 4.79 Å². The van der Waals surface area contributed by atoms with E-state index in [1.165, 1.54) is 18.2 Å². The maximum absolute atomic E-state index is 13.5. The van der Waals surface area contributed by atoms with Crippen molar-refractivity contribution >= 4 is 23.5 Å². The SMILES string of the molecule is Cc1cc(C(=O)NC(=O)Nc2ccc(C)c(C3CC4CNC(C)CC4N(C)C3=O)c2)ccc1F. The van der Waals surface area contributed by atoms with Gasteiger partial charge >= 0.3 is 6.03 Å². The van der Waals surface area contributed by atoms with Crippen LogP contribution in [-0.4, -0.2) is 48.4 Å². The first-order chi connectivity index (χ1) is 16.1. The summed E-state index contributed by atoms with van der Waals surface area (Å²) in [7, 11) is 1.89. The summed E-state index contributed by atoms with van der Waals surface area (Å²) >= 11 is 0. The molecular formula is C26H31FN4O3. The molecule has 4 unspecified atom stereocenters. The van der Waals surface area contributed by atoms with Gasteiger partial charge in [0.05, 0.1) is 5.92 Å². The number of rotatable bonds is 3. The lowest BCUT2D eigenvalue weighted by atomic mass is 9.75. The maximum atomic E-state index is 13.5. The Balaban J connectivity index is 1.47. The number of carbonyl (C=O) groups excluding carboxylic acids is 3. The molecule has 4 amide bonds. The molecule has 0 spiro atoms. The number of likely N-dealkylation sites (tertiary alicyclic amines) is 1. The summed E-state index contributed by atoms with van der Waals surface area (Å²) in [5, 5.41) is 8.47. The van der Waals surface area contributed by atoms with Gasteiger partial charge in [-0.1, -0.05) is 6.07 Å². The molecule has 2 heterocycles. The Bertz CT molecular complexity index is 1140. The summed E-state index contributed by atoms with van der Waals surface area (Å²) in [6.07, 6.45) is 1.70. The minimum Gasteiger partial charge on any atom is -0.342 e. The predicted octanol–water partition coefficient (Wildman–Crippen LogP) is 3.72. The number of halogens is 1. The topological polar surface area (TPSA) is 90.5 Å². The van der Waals surface area contributed by atoms with Crippen LogP contribution >= 0.6 is 0 Å². The van der Waals surface area contributed by atoms with E-state index in [1.807, 2.05) is 31.0 Å². The third-order valence-electron chi connectivity index (χ3n) is 7.11. The number of fused-ring (bicyclic) bond motifs is 1. The lowest BCUT2D eigenvalue weighted by molar-refractivity contribution is -0.140. The molecule has 0 aliphatic carbocycles. The Morgan fingerprint density at radius 2 is 1.85 bits per heavy atom. The van der Waals surface area contributed by atoms with Crippen LogP contribution in [0.5, 0.6) is 0 Å². The van der Waals surface area contributed by atoms with E-state index in [1.54, 1.807) is 13.0 Å². The molecule has 34 heavy (non-hydrogen) atoms. The van der Waals surface area contributed by atoms with E-state index in [0.717, 1.165) is 30.5 Å². The second-order valence-electron chi connectivity index (χ2n) is 9.55. The zero-order valence-electron chi connectivity index (χ0n) is 19.9. The summed E-state index contributed by atoms with van der Waals surface area (Å²) in [6.45, 7) is 6.54. The molecule has 2 aromatic carbocycles. The molecule has 4 rings (SSSR count). The Hall–Kier alpha value is -3.26. The van der Waals surface area contributed by atoms with Crippen LogP contribution in [0.2, 0.25) is 0 Å². The molecule has 8 heteroatoms. The molecule has 0 saturated carbocycles. The maximum Gasteiger partial charge on any atom is 0.326 e. The zero-order chi connectivity index (χ0) is 24.6. The van der Waals surface area contributed by atoms with Crippen LogP contribution in [0.15, 0.2) is 36.4 Å². The van der Waals surface area contributed by atoms with Gasteiger partial charge in [0.15, 0.2) is 0 Å². The van der Waals surface area contributed by atoms with Crippen molar-refractivity contribution in [3.63, 3.8) is 0 Å². The van der Waals surface area contributed by atoms with Gasteiger partial charge in [-0.2, -0.15) is 0 Å². The fraction of sp³-hybridized carbons (Fsp3) is 0.423. The first-order valence-corrected chi connectivity index (χ1v) is 11.6. The van der Waals surface area contributed by atoms with Crippen molar-refractivity contribution in [1.29, 1.82) is 0 Å². The van der Waals surface area contributed by atoms with Crippen LogP contribution in [0.25, 0.3) is 0 Å². The van der Waals surface area contributed by atoms with E-state index < -0.39 is 17.8 Å². The van der Waals surface area contributed by atoms with Gasteiger partial charge in [-0.15, -0.1) is 0 Å². The number of imide groups is 1. The van der Waals surface area contributed by atoms with Gasteiger partial charge in [0.2, 0.25) is 5.91 Å². The molecule has 2 aromatic rings. The summed E-state index contributed by atoms with van der Waals surface area (Å²) in [6, 6.07) is 9.28. The number of hydrogen-bond donors (Lipinski definition) is 3. The Morgan fingerprint density at radius 1 is 1.09 bits per heavy atom. The second kappa shape index (κ2) is 9.54. The highest BCUT2D eigenvalue weighted by molar-refractivity contribution is 6.08. The molecular weight excluding hydrogens is 435 g/mol. The van der Waals surface area contributed by atoms with Gasteiger partial charge < -0.3 is 15.5 Å². The average molecular weight is 467 g/mol. The van der Waals surface area contributed by atoms with E-state index in [9.17, 15) is 18.8 Å². The van der Waals surface area contributed by atoms with E-state index in [4.69, 9.17) is 0 Å². The number of carbonyl (C=O) groups is 3. The van der Waals surface area contributed by atoms with E-state index in [0.29, 0.717) is 23.2 Å². The van der Waals surface area contributed by atoms with Gasteiger partial charge in [-0.3, -0.25) is 14.9 Å². The van der Waals surface area contributed by atoms with Gasteiger partial charge in [0.25, 0.3) is 5.91 Å². The van der Waals surface area contributed by atoms with Crippen molar-refractivity contribution in [1.82, 2.24) is 15.5 Å². The van der Waals surface area contributed by atoms with Crippen molar-refractivity contribution in [2.75, 3.05) is 18.9 Å². The summed E-state index contributed by atoms with van der Waals surface area (Å²) in [5.74, 6) is -0.847. The standard InChI is InChI=1S/C26H31FN4O3/c1-14-5-7-19(29-26(34)30-24(32)17-6-8-22(27)15(2)9-17)12-20(14)21-11-18-13-28-16(3)10-23(18)31(4)25(21)33/h5-9,12,16,18,21,23,28H,10-11,13H2,1-4H3,(H2,29,30,32,34). The number of urea groups is 1. The number of nitrogens with zero attached hydrogens (tertiary/aromatic N) is 1. The molecule has 2 saturated heterocycles. The predicted molar refractivity (Wildman–Crippen MR) is 128 cm³/mol. The van der Waals surface area contributed by atoms with E-state index in [-0.39, 0.29) is 23.4 Å². The first kappa shape index (κ1) is 23.9. The van der Waals surface area contributed by atoms with E-state index >= 15 is 0 Å². The number of amides is 4. The molecule has 3 N–H and O–H groups in total. The van der Waals surface area contributed by atoms with Crippen LogP contribution in [0.4, 0.5) is 14.9 Å². The smallest absolute Gasteiger partial charge is 0.326 e. The van der Waals surface area contributed by atoms with Gasteiger partial charge in [0, 0.05) is 36.9 Å². The van der Waals surface area contributed by atoms with E-state index in [2.05, 4.69) is 22.9 Å². The number of hydrogen-bond acceptors (Lipinski definition) is 4. The number of piperidine rings is 2. The molecule has 2 aliphatic rings. The van der Waals surface area contributed by atoms with Crippen LogP contribution in [0.3, 0.4) is 0 Å². The molecule has 4 atom stereocenters. The zero-order valence-corrected chi connectivity index (χ0v) is 19.9. The van der Waals surface area contributed by atoms with Crippen molar-refractivity contribution in [2.45, 2.75) is 51.6 Å². The quantitative estimate of drug-likeness (QED) is 0.643. The highest BCUT2D eigenvalue weighted by atomic mass is 19.1. The Labute approximate surface area is 199 Å². The summed E-state index contributed by atoms with van der Waals surface area (Å²) in [4.78, 5) is 40.0. The minimum atomic E-state index is -0.695. The first-order valence-electron chi connectivity index (χ1n) is 11.6. The van der Waals surface area contributed by atoms with Crippen LogP contribution in [0.1, 0.15) is 52.7 Å². The highest BCUT2D eigenvalue weighted by Gasteiger charge is 2.43. The largest absolute Gasteiger partial charge is 0.342 e. The number of nitrogens with one attached hydrogen (secondary N) is 3. The molecule has 2 fully saturated rings. The van der Waals surface area contributed by atoms with Crippen LogP contribution < -0.4 is 16.0 Å². The van der Waals surface area contributed by atoms with Crippen LogP contribution in [0, 0.1) is 25.6 Å². The number of benzene rings is 2. The second-order valence-corrected chi connectivity index (χ2v) is 9.55. The molecule has 0 aromatic heterocycles. The van der Waals surface area contributed by atoms with Crippen molar-refractivity contribution in [3.8, 4) is 0 Å². The normalized spacial score (nSPS) is 24.4. The summed E-state index contributed by atoms with van der Waals surface area (Å²) < 4.78 is 13.5. The molecule has 0 bridgehead atoms. The lowest BCUT2D eigenvalue weighted by Crippen LogP contribution is -2.57. The molecule has 2 aliphatic heterocycles. The lowest BCUT2D eigenvalue weighted by Gasteiger charge is -2.47.